The molecule has 0 aliphatic carbocycles. The third-order valence-corrected chi connectivity index (χ3v) is 1.64. The predicted molar refractivity (Wildman–Crippen MR) is 50.9 cm³/mol. The number of ether oxygens (including phenoxy) is 1. The fourth-order valence-electron chi connectivity index (χ4n) is 0.930. The van der Waals surface area contributed by atoms with Gasteiger partial charge in [-0.15, -0.1) is 0 Å². The molecule has 0 saturated heterocycles. The summed E-state index contributed by atoms with van der Waals surface area (Å²) in [5, 5.41) is 3.92. The third-order valence-electron chi connectivity index (χ3n) is 1.47. The van der Waals surface area contributed by atoms with Crippen LogP contribution in [0.2, 0.25) is 5.28 Å². The molecule has 7 nitrogen and oxygen atoms in total. The molecular weight excluding hydrogens is 220 g/mol. The number of nitrogens with zero attached hydrogens (tertiary/aromatic N) is 6. The Morgan fingerprint density at radius 3 is 2.93 bits per heavy atom. The van der Waals surface area contributed by atoms with Crippen LogP contribution in [0.1, 0.15) is 6.92 Å². The first-order valence-corrected chi connectivity index (χ1v) is 4.56. The van der Waals surface area contributed by atoms with Gasteiger partial charge in [-0.2, -0.15) is 24.7 Å². The van der Waals surface area contributed by atoms with Crippen molar-refractivity contribution in [2.75, 3.05) is 6.61 Å². The normalized spacial score (nSPS) is 10.3. The van der Waals surface area contributed by atoms with E-state index in [0.29, 0.717) is 6.61 Å². The van der Waals surface area contributed by atoms with Gasteiger partial charge in [0.15, 0.2) is 0 Å². The molecule has 0 N–H and O–H groups in total. The molecule has 2 heterocycles. The monoisotopic (exact) mass is 226 g/mol. The quantitative estimate of drug-likeness (QED) is 0.759. The Hall–Kier alpha value is -1.76. The zero-order valence-corrected chi connectivity index (χ0v) is 8.59. The fourth-order valence-corrected chi connectivity index (χ4v) is 1.08. The molecule has 0 unspecified atom stereocenters. The molecule has 0 bridgehead atoms. The van der Waals surface area contributed by atoms with Crippen molar-refractivity contribution in [2.24, 2.45) is 0 Å². The van der Waals surface area contributed by atoms with Crippen molar-refractivity contribution in [3.05, 3.63) is 17.9 Å². The molecule has 2 aromatic heterocycles. The van der Waals surface area contributed by atoms with Crippen LogP contribution < -0.4 is 4.74 Å². The third kappa shape index (κ3) is 2.18. The summed E-state index contributed by atoms with van der Waals surface area (Å²) in [5.41, 5.74) is 0. The summed E-state index contributed by atoms with van der Waals surface area (Å²) in [6.07, 6.45) is 2.83. The lowest BCUT2D eigenvalue weighted by molar-refractivity contribution is 0.310. The molecule has 0 aliphatic heterocycles. The Bertz CT molecular complexity index is 445. The van der Waals surface area contributed by atoms with Crippen LogP contribution in [0.15, 0.2) is 12.7 Å². The molecule has 0 fully saturated rings. The van der Waals surface area contributed by atoms with Crippen molar-refractivity contribution in [3.63, 3.8) is 0 Å². The summed E-state index contributed by atoms with van der Waals surface area (Å²) in [6, 6.07) is 0.169. The average Bonchev–Trinajstić information content (AvgIpc) is 2.70. The van der Waals surface area contributed by atoms with E-state index in [0.717, 1.165) is 0 Å². The minimum atomic E-state index is 0.0546. The molecule has 0 spiro atoms. The highest BCUT2D eigenvalue weighted by Gasteiger charge is 2.07. The van der Waals surface area contributed by atoms with E-state index in [9.17, 15) is 0 Å². The van der Waals surface area contributed by atoms with Gasteiger partial charge in [-0.3, -0.25) is 0 Å². The zero-order chi connectivity index (χ0) is 10.7. The Morgan fingerprint density at radius 2 is 2.27 bits per heavy atom. The highest BCUT2D eigenvalue weighted by Crippen LogP contribution is 2.09. The van der Waals surface area contributed by atoms with E-state index in [-0.39, 0.29) is 17.2 Å². The van der Waals surface area contributed by atoms with Crippen LogP contribution in [0.4, 0.5) is 0 Å². The largest absolute Gasteiger partial charge is 0.464 e. The van der Waals surface area contributed by atoms with Gasteiger partial charge in [0.05, 0.1) is 6.61 Å². The lowest BCUT2D eigenvalue weighted by Crippen LogP contribution is -2.06. The standard InChI is InChI=1S/C7H7ClN6O/c1-2-15-7-12-5(8)11-6(13-7)14-4-9-3-10-14/h3-4H,2H2,1H3. The first-order valence-electron chi connectivity index (χ1n) is 4.19. The van der Waals surface area contributed by atoms with Gasteiger partial charge in [0, 0.05) is 0 Å². The van der Waals surface area contributed by atoms with E-state index in [2.05, 4.69) is 25.0 Å². The van der Waals surface area contributed by atoms with Crippen LogP contribution in [-0.2, 0) is 0 Å². The lowest BCUT2D eigenvalue weighted by Gasteiger charge is -2.02. The first kappa shape index (κ1) is 9.78. The molecule has 2 rings (SSSR count). The van der Waals surface area contributed by atoms with Crippen molar-refractivity contribution >= 4 is 11.6 Å². The number of hydrogen-bond acceptors (Lipinski definition) is 6. The van der Waals surface area contributed by atoms with Crippen LogP contribution in [0, 0.1) is 0 Å². The molecule has 0 saturated carbocycles. The summed E-state index contributed by atoms with van der Waals surface area (Å²) >= 11 is 5.70. The highest BCUT2D eigenvalue weighted by molar-refractivity contribution is 6.28. The molecule has 78 valence electrons. The van der Waals surface area contributed by atoms with Crippen molar-refractivity contribution in [1.82, 2.24) is 29.7 Å². The number of aromatic nitrogens is 6. The van der Waals surface area contributed by atoms with Crippen molar-refractivity contribution in [2.45, 2.75) is 6.92 Å². The predicted octanol–water partition coefficient (Wildman–Crippen LogP) is 0.504. The maximum Gasteiger partial charge on any atom is 0.322 e. The molecule has 0 amide bonds. The first-order chi connectivity index (χ1) is 7.29. The van der Waals surface area contributed by atoms with E-state index < -0.39 is 0 Å². The van der Waals surface area contributed by atoms with Crippen LogP contribution in [0.3, 0.4) is 0 Å². The molecule has 0 radical (unpaired) electrons. The van der Waals surface area contributed by atoms with E-state index in [1.165, 1.54) is 17.3 Å². The SMILES string of the molecule is CCOc1nc(Cl)nc(-n2cncn2)n1. The van der Waals surface area contributed by atoms with Gasteiger partial charge >= 0.3 is 6.01 Å². The maximum absolute atomic E-state index is 5.70. The summed E-state index contributed by atoms with van der Waals surface area (Å²) in [6.45, 7) is 2.28. The molecule has 0 aromatic carbocycles. The summed E-state index contributed by atoms with van der Waals surface area (Å²) in [7, 11) is 0. The van der Waals surface area contributed by atoms with Gasteiger partial charge < -0.3 is 4.74 Å². The van der Waals surface area contributed by atoms with E-state index in [1.807, 2.05) is 6.92 Å². The lowest BCUT2D eigenvalue weighted by atomic mass is 10.8. The molecule has 8 heteroatoms. The van der Waals surface area contributed by atoms with Crippen LogP contribution in [0.5, 0.6) is 6.01 Å². The van der Waals surface area contributed by atoms with Crippen LogP contribution in [-0.4, -0.2) is 36.3 Å². The Kier molecular flexibility index (Phi) is 2.72. The number of halogens is 1. The maximum atomic E-state index is 5.70. The molecule has 2 aromatic rings. The summed E-state index contributed by atoms with van der Waals surface area (Å²) < 4.78 is 6.49. The summed E-state index contributed by atoms with van der Waals surface area (Å²) in [5.74, 6) is 0.274. The van der Waals surface area contributed by atoms with E-state index in [4.69, 9.17) is 16.3 Å². The van der Waals surface area contributed by atoms with Crippen molar-refractivity contribution < 1.29 is 4.74 Å². The second kappa shape index (κ2) is 4.18. The van der Waals surface area contributed by atoms with Gasteiger partial charge in [0.25, 0.3) is 5.95 Å². The molecule has 0 atom stereocenters. The van der Waals surface area contributed by atoms with E-state index in [1.54, 1.807) is 0 Å². The fraction of sp³-hybridized carbons (Fsp3) is 0.286. The van der Waals surface area contributed by atoms with Crippen LogP contribution in [0.25, 0.3) is 5.95 Å². The zero-order valence-electron chi connectivity index (χ0n) is 7.83. The molecule has 0 aliphatic rings. The summed E-state index contributed by atoms with van der Waals surface area (Å²) in [4.78, 5) is 15.4. The Balaban J connectivity index is 2.40. The Labute approximate surface area is 90.1 Å². The number of rotatable bonds is 3. The van der Waals surface area contributed by atoms with Gasteiger partial charge in [-0.1, -0.05) is 0 Å². The minimum absolute atomic E-state index is 0.0546. The van der Waals surface area contributed by atoms with Gasteiger partial charge in [-0.25, -0.2) is 4.98 Å². The molecular formula is C7H7ClN6O. The van der Waals surface area contributed by atoms with Crippen molar-refractivity contribution in [3.8, 4) is 12.0 Å². The highest BCUT2D eigenvalue weighted by atomic mass is 35.5. The molecule has 15 heavy (non-hydrogen) atoms. The average molecular weight is 227 g/mol. The second-order valence-corrected chi connectivity index (χ2v) is 2.80. The number of hydrogen-bond donors (Lipinski definition) is 0. The second-order valence-electron chi connectivity index (χ2n) is 2.46. The van der Waals surface area contributed by atoms with Gasteiger partial charge in [0.2, 0.25) is 5.28 Å². The minimum Gasteiger partial charge on any atom is -0.464 e. The van der Waals surface area contributed by atoms with E-state index >= 15 is 0 Å². The Morgan fingerprint density at radius 1 is 1.40 bits per heavy atom. The van der Waals surface area contributed by atoms with Gasteiger partial charge in [0.1, 0.15) is 12.7 Å². The topological polar surface area (TPSA) is 78.6 Å². The van der Waals surface area contributed by atoms with Crippen LogP contribution >= 0.6 is 11.6 Å². The smallest absolute Gasteiger partial charge is 0.322 e. The van der Waals surface area contributed by atoms with Gasteiger partial charge in [-0.05, 0) is 18.5 Å². The van der Waals surface area contributed by atoms with Crippen molar-refractivity contribution in [1.29, 1.82) is 0 Å².